The SMILES string of the molecule is C#COC=C=[OH+]. The number of ether oxygens (including phenoxy) is 1. The van der Waals surface area contributed by atoms with E-state index in [1.165, 1.54) is 0 Å². The summed E-state index contributed by atoms with van der Waals surface area (Å²) in [6.07, 6.45) is 7.23. The van der Waals surface area contributed by atoms with Crippen LogP contribution in [0, 0.1) is 12.5 Å². The molecule has 1 N–H and O–H groups in total. The molecule has 0 atom stereocenters. The maximum Gasteiger partial charge on any atom is 0.381 e. The molecule has 6 heavy (non-hydrogen) atoms. The fraction of sp³-hybridized carbons (Fsp3) is 0. The highest BCUT2D eigenvalue weighted by molar-refractivity contribution is 5.42. The Morgan fingerprint density at radius 1 is 1.83 bits per heavy atom. The molecule has 0 aromatic rings. The van der Waals surface area contributed by atoms with Gasteiger partial charge in [-0.25, -0.2) is 4.79 Å². The van der Waals surface area contributed by atoms with Gasteiger partial charge >= 0.3 is 5.94 Å². The minimum absolute atomic E-state index is 0.875. The first-order chi connectivity index (χ1) is 2.91. The van der Waals surface area contributed by atoms with E-state index in [9.17, 15) is 0 Å². The fourth-order valence-electron chi connectivity index (χ4n) is 0.0604. The van der Waals surface area contributed by atoms with Crippen molar-refractivity contribution in [1.82, 2.24) is 0 Å². The van der Waals surface area contributed by atoms with E-state index in [0.29, 0.717) is 0 Å². The third kappa shape index (κ3) is 2.81. The fourth-order valence-corrected chi connectivity index (χ4v) is 0.0604. The molecule has 0 bridgehead atoms. The highest BCUT2D eigenvalue weighted by atomic mass is 16.5. The van der Waals surface area contributed by atoms with E-state index in [1.54, 1.807) is 12.0 Å². The van der Waals surface area contributed by atoms with Crippen molar-refractivity contribution in [2.75, 3.05) is 0 Å². The van der Waals surface area contributed by atoms with Crippen LogP contribution in [-0.2, 0) is 4.74 Å². The lowest BCUT2D eigenvalue weighted by molar-refractivity contribution is 0.444. The van der Waals surface area contributed by atoms with Crippen molar-refractivity contribution >= 4 is 5.94 Å². The predicted molar refractivity (Wildman–Crippen MR) is 21.4 cm³/mol. The molecule has 0 radical (unpaired) electrons. The van der Waals surface area contributed by atoms with Crippen LogP contribution in [0.15, 0.2) is 6.26 Å². The highest BCUT2D eigenvalue weighted by Gasteiger charge is 1.60. The number of rotatable bonds is 1. The minimum atomic E-state index is 0.875. The van der Waals surface area contributed by atoms with Crippen LogP contribution in [0.1, 0.15) is 0 Å². The second-order valence-electron chi connectivity index (χ2n) is 0.483. The van der Waals surface area contributed by atoms with Crippen LogP contribution in [0.2, 0.25) is 0 Å². The molecule has 0 aromatic carbocycles. The lowest BCUT2D eigenvalue weighted by Crippen LogP contribution is -1.60. The largest absolute Gasteiger partial charge is 0.398 e. The molecular weight excluding hydrogens is 80.0 g/mol. The van der Waals surface area contributed by atoms with Crippen molar-refractivity contribution in [1.29, 1.82) is 0 Å². The second kappa shape index (κ2) is 3.81. The molecule has 0 fully saturated rings. The zero-order valence-corrected chi connectivity index (χ0v) is 3.01. The van der Waals surface area contributed by atoms with E-state index in [2.05, 4.69) is 11.2 Å². The number of terminal acetylenes is 1. The Morgan fingerprint density at radius 2 is 2.50 bits per heavy atom. The van der Waals surface area contributed by atoms with Gasteiger partial charge in [-0.3, -0.25) is 0 Å². The Hall–Kier alpha value is -1.19. The van der Waals surface area contributed by atoms with Gasteiger partial charge in [-0.05, 0) is 0 Å². The molecule has 2 nitrogen and oxygen atoms in total. The smallest absolute Gasteiger partial charge is 0.381 e. The third-order valence-corrected chi connectivity index (χ3v) is 0.180. The van der Waals surface area contributed by atoms with Crippen LogP contribution in [0.4, 0.5) is 0 Å². The molecule has 0 aliphatic heterocycles. The monoisotopic (exact) mass is 83.0 g/mol. The Labute approximate surface area is 35.4 Å². The predicted octanol–water partition coefficient (Wildman–Crippen LogP) is -0.119. The lowest BCUT2D eigenvalue weighted by Gasteiger charge is -1.66. The molecule has 2 heteroatoms. The summed E-state index contributed by atoms with van der Waals surface area (Å²) in [7, 11) is 0. The normalized spacial score (nSPS) is 4.50. The number of hydrogen-bond donors (Lipinski definition) is 0. The van der Waals surface area contributed by atoms with Gasteiger partial charge in [0.25, 0.3) is 0 Å². The van der Waals surface area contributed by atoms with E-state index in [-0.39, 0.29) is 0 Å². The number of carbonyl (C=O) groups excluding carboxylic acids is 1. The maximum atomic E-state index is 7.67. The third-order valence-electron chi connectivity index (χ3n) is 0.180. The molecule has 0 aliphatic rings. The van der Waals surface area contributed by atoms with E-state index < -0.39 is 0 Å². The Kier molecular flexibility index (Phi) is 3.05. The van der Waals surface area contributed by atoms with Gasteiger partial charge < -0.3 is 4.74 Å². The molecule has 0 aliphatic carbocycles. The van der Waals surface area contributed by atoms with Crippen LogP contribution in [-0.4, -0.2) is 10.7 Å². The molecule has 0 saturated carbocycles. The zero-order chi connectivity index (χ0) is 4.83. The summed E-state index contributed by atoms with van der Waals surface area (Å²) in [5, 5.41) is 0. The number of hydrogen-bond acceptors (Lipinski definition) is 1. The summed E-state index contributed by atoms with van der Waals surface area (Å²) in [6, 6.07) is 0. The van der Waals surface area contributed by atoms with Crippen molar-refractivity contribution in [3.63, 3.8) is 0 Å². The van der Waals surface area contributed by atoms with Crippen molar-refractivity contribution < 1.29 is 9.53 Å². The molecule has 0 heterocycles. The molecule has 0 aromatic heterocycles. The Bertz CT molecular complexity index is 103. The topological polar surface area (TPSA) is 30.6 Å². The molecule has 0 amide bonds. The molecule has 0 rings (SSSR count). The van der Waals surface area contributed by atoms with E-state index >= 15 is 0 Å². The van der Waals surface area contributed by atoms with E-state index in [4.69, 9.17) is 4.79 Å². The average molecular weight is 83.1 g/mol. The van der Waals surface area contributed by atoms with Gasteiger partial charge in [-0.2, -0.15) is 0 Å². The zero-order valence-electron chi connectivity index (χ0n) is 3.01. The average Bonchev–Trinajstić information content (AvgIpc) is 1.61. The van der Waals surface area contributed by atoms with Gasteiger partial charge in [0.2, 0.25) is 6.26 Å². The standard InChI is InChI=1S/C4H2O2/c1-2-6-4-3-5/h1,4H/p+1. The van der Waals surface area contributed by atoms with Crippen LogP contribution in [0.3, 0.4) is 0 Å². The second-order valence-corrected chi connectivity index (χ2v) is 0.483. The van der Waals surface area contributed by atoms with Gasteiger partial charge in [0, 0.05) is 0 Å². The summed E-state index contributed by atoms with van der Waals surface area (Å²) >= 11 is 0. The van der Waals surface area contributed by atoms with Gasteiger partial charge in [0.1, 0.15) is 6.11 Å². The van der Waals surface area contributed by atoms with Gasteiger partial charge in [-0.1, -0.05) is 6.42 Å². The summed E-state index contributed by atoms with van der Waals surface area (Å²) < 4.78 is 4.02. The first-order valence-electron chi connectivity index (χ1n) is 1.24. The van der Waals surface area contributed by atoms with E-state index in [1.807, 2.05) is 0 Å². The Balaban J connectivity index is 3.16. The van der Waals surface area contributed by atoms with Crippen LogP contribution >= 0.6 is 0 Å². The minimum Gasteiger partial charge on any atom is -0.398 e. The molecule has 0 saturated heterocycles. The molecule has 30 valence electrons. The van der Waals surface area contributed by atoms with Gasteiger partial charge in [0.05, 0.1) is 0 Å². The first kappa shape index (κ1) is 4.81. The quantitative estimate of drug-likeness (QED) is 0.188. The van der Waals surface area contributed by atoms with Crippen molar-refractivity contribution in [3.05, 3.63) is 6.26 Å². The van der Waals surface area contributed by atoms with E-state index in [0.717, 1.165) is 6.26 Å². The summed E-state index contributed by atoms with van der Waals surface area (Å²) in [5.41, 5.74) is 0. The summed E-state index contributed by atoms with van der Waals surface area (Å²) in [6.45, 7) is 0. The Morgan fingerprint density at radius 3 is 2.67 bits per heavy atom. The van der Waals surface area contributed by atoms with Crippen molar-refractivity contribution in [2.24, 2.45) is 0 Å². The lowest BCUT2D eigenvalue weighted by atomic mass is 11.1. The van der Waals surface area contributed by atoms with Crippen LogP contribution in [0.25, 0.3) is 0 Å². The maximum absolute atomic E-state index is 7.67. The molecule has 0 spiro atoms. The molecule has 0 unspecified atom stereocenters. The first-order valence-corrected chi connectivity index (χ1v) is 1.24. The van der Waals surface area contributed by atoms with Crippen LogP contribution in [0.5, 0.6) is 0 Å². The molecular formula is C4H3O2+. The van der Waals surface area contributed by atoms with Crippen molar-refractivity contribution in [2.45, 2.75) is 0 Å². The van der Waals surface area contributed by atoms with Gasteiger partial charge in [-0.15, -0.1) is 0 Å². The van der Waals surface area contributed by atoms with Crippen LogP contribution < -0.4 is 0 Å². The summed E-state index contributed by atoms with van der Waals surface area (Å²) in [5.74, 6) is 1.58. The highest BCUT2D eigenvalue weighted by Crippen LogP contribution is 1.58. The van der Waals surface area contributed by atoms with Crippen molar-refractivity contribution in [3.8, 4) is 12.5 Å². The summed E-state index contributed by atoms with van der Waals surface area (Å²) in [4.78, 5) is 7.67. The van der Waals surface area contributed by atoms with Gasteiger partial charge in [0.15, 0.2) is 0 Å².